The molecule has 3 aliphatic rings. The number of nitrogens with zero attached hydrogens (tertiary/aromatic N) is 1. The Bertz CT molecular complexity index is 545. The number of hydrogen-bond donors (Lipinski definition) is 0. The molecule has 104 valence electrons. The highest BCUT2D eigenvalue weighted by Crippen LogP contribution is 2.54. The lowest BCUT2D eigenvalue weighted by atomic mass is 9.65. The predicted octanol–water partition coefficient (Wildman–Crippen LogP) is 2.87. The van der Waals surface area contributed by atoms with Gasteiger partial charge in [-0.05, 0) is 31.2 Å². The molecule has 3 nitrogen and oxygen atoms in total. The molecule has 2 heterocycles. The third-order valence-electron chi connectivity index (χ3n) is 4.95. The van der Waals surface area contributed by atoms with Crippen LogP contribution in [0, 0.1) is 5.41 Å². The molecule has 0 radical (unpaired) electrons. The Labute approximate surface area is 119 Å². The van der Waals surface area contributed by atoms with Gasteiger partial charge in [-0.15, -0.1) is 0 Å². The quantitative estimate of drug-likeness (QED) is 0.844. The molecule has 1 saturated carbocycles. The number of fused-ring (bicyclic) bond motifs is 1. The van der Waals surface area contributed by atoms with E-state index in [-0.39, 0.29) is 11.5 Å². The number of ether oxygens (including phenoxy) is 1. The van der Waals surface area contributed by atoms with Crippen molar-refractivity contribution in [1.29, 1.82) is 0 Å². The lowest BCUT2D eigenvalue weighted by molar-refractivity contribution is -0.150. The van der Waals surface area contributed by atoms with Crippen LogP contribution in [0.2, 0.25) is 0 Å². The highest BCUT2D eigenvalue weighted by molar-refractivity contribution is 5.88. The maximum Gasteiger partial charge on any atom is 0.233 e. The molecule has 20 heavy (non-hydrogen) atoms. The summed E-state index contributed by atoms with van der Waals surface area (Å²) in [5.41, 5.74) is 1.10. The summed E-state index contributed by atoms with van der Waals surface area (Å²) < 4.78 is 5.93. The molecule has 1 aromatic rings. The molecule has 1 saturated heterocycles. The summed E-state index contributed by atoms with van der Waals surface area (Å²) in [6, 6.07) is 10.7. The van der Waals surface area contributed by atoms with Crippen LogP contribution in [0.15, 0.2) is 42.6 Å². The summed E-state index contributed by atoms with van der Waals surface area (Å²) in [4.78, 5) is 14.4. The Kier molecular flexibility index (Phi) is 2.71. The van der Waals surface area contributed by atoms with Crippen molar-refractivity contribution in [2.24, 2.45) is 5.41 Å². The van der Waals surface area contributed by atoms with Crippen LogP contribution in [-0.2, 0) is 16.1 Å². The van der Waals surface area contributed by atoms with E-state index >= 15 is 0 Å². The Morgan fingerprint density at radius 1 is 1.20 bits per heavy atom. The summed E-state index contributed by atoms with van der Waals surface area (Å²) in [5, 5.41) is 0. The van der Waals surface area contributed by atoms with Gasteiger partial charge in [-0.3, -0.25) is 4.79 Å². The zero-order valence-corrected chi connectivity index (χ0v) is 11.5. The molecule has 3 heteroatoms. The van der Waals surface area contributed by atoms with E-state index in [9.17, 15) is 4.79 Å². The number of benzene rings is 1. The van der Waals surface area contributed by atoms with Crippen LogP contribution in [0.5, 0.6) is 0 Å². The molecule has 1 aromatic carbocycles. The van der Waals surface area contributed by atoms with Gasteiger partial charge in [-0.2, -0.15) is 0 Å². The van der Waals surface area contributed by atoms with Crippen molar-refractivity contribution in [3.63, 3.8) is 0 Å². The fourth-order valence-corrected chi connectivity index (χ4v) is 3.85. The largest absolute Gasteiger partial charge is 0.373 e. The van der Waals surface area contributed by atoms with Gasteiger partial charge in [0.1, 0.15) is 0 Å². The zero-order chi connectivity index (χ0) is 13.6. The van der Waals surface area contributed by atoms with Crippen molar-refractivity contribution in [3.05, 3.63) is 48.2 Å². The average molecular weight is 269 g/mol. The molecule has 0 aromatic heterocycles. The third kappa shape index (κ3) is 1.80. The summed E-state index contributed by atoms with van der Waals surface area (Å²) in [6.45, 7) is 0.656. The summed E-state index contributed by atoms with van der Waals surface area (Å²) in [5.74, 6) is 0.329. The van der Waals surface area contributed by atoms with Gasteiger partial charge in [0, 0.05) is 12.2 Å². The highest BCUT2D eigenvalue weighted by atomic mass is 16.5. The first-order chi connectivity index (χ1) is 9.77. The average Bonchev–Trinajstić information content (AvgIpc) is 2.98. The van der Waals surface area contributed by atoms with Gasteiger partial charge in [0.2, 0.25) is 5.91 Å². The van der Waals surface area contributed by atoms with E-state index in [1.807, 2.05) is 29.3 Å². The first-order valence-electron chi connectivity index (χ1n) is 7.42. The minimum Gasteiger partial charge on any atom is -0.373 e. The lowest BCUT2D eigenvalue weighted by Crippen LogP contribution is -2.47. The molecule has 2 aliphatic heterocycles. The van der Waals surface area contributed by atoms with Gasteiger partial charge in [-0.1, -0.05) is 36.4 Å². The number of carbonyl (C=O) groups is 1. The van der Waals surface area contributed by atoms with E-state index in [2.05, 4.69) is 18.2 Å². The molecular formula is C17H19NO2. The monoisotopic (exact) mass is 269 g/mol. The van der Waals surface area contributed by atoms with E-state index in [1.165, 1.54) is 5.56 Å². The van der Waals surface area contributed by atoms with Gasteiger partial charge >= 0.3 is 0 Å². The molecule has 1 spiro atoms. The van der Waals surface area contributed by atoms with Gasteiger partial charge < -0.3 is 9.64 Å². The van der Waals surface area contributed by atoms with Gasteiger partial charge in [-0.25, -0.2) is 0 Å². The van der Waals surface area contributed by atoms with Crippen LogP contribution in [-0.4, -0.2) is 23.0 Å². The van der Waals surface area contributed by atoms with Crippen molar-refractivity contribution in [2.45, 2.75) is 44.4 Å². The number of carbonyl (C=O) groups excluding carboxylic acids is 1. The van der Waals surface area contributed by atoms with Crippen LogP contribution in [0.25, 0.3) is 0 Å². The third-order valence-corrected chi connectivity index (χ3v) is 4.95. The highest BCUT2D eigenvalue weighted by Gasteiger charge is 2.58. The first kappa shape index (κ1) is 12.2. The Balaban J connectivity index is 1.34. The van der Waals surface area contributed by atoms with Crippen molar-refractivity contribution < 1.29 is 9.53 Å². The summed E-state index contributed by atoms with van der Waals surface area (Å²) >= 11 is 0. The van der Waals surface area contributed by atoms with Crippen LogP contribution in [0.1, 0.15) is 31.2 Å². The van der Waals surface area contributed by atoms with Crippen LogP contribution >= 0.6 is 0 Å². The summed E-state index contributed by atoms with van der Waals surface area (Å²) in [6.07, 6.45) is 8.19. The van der Waals surface area contributed by atoms with Crippen molar-refractivity contribution in [2.75, 3.05) is 0 Å². The second-order valence-corrected chi connectivity index (χ2v) is 6.30. The fourth-order valence-electron chi connectivity index (χ4n) is 3.85. The second-order valence-electron chi connectivity index (χ2n) is 6.30. The summed E-state index contributed by atoms with van der Waals surface area (Å²) in [7, 11) is 0. The maximum atomic E-state index is 12.4. The molecular weight excluding hydrogens is 250 g/mol. The molecule has 0 N–H and O–H groups in total. The van der Waals surface area contributed by atoms with E-state index in [0.717, 1.165) is 25.7 Å². The Hall–Kier alpha value is -1.61. The molecule has 1 unspecified atom stereocenters. The van der Waals surface area contributed by atoms with Gasteiger partial charge in [0.15, 0.2) is 0 Å². The van der Waals surface area contributed by atoms with Crippen LogP contribution in [0.4, 0.5) is 0 Å². The lowest BCUT2D eigenvalue weighted by Gasteiger charge is -2.43. The number of hydrogen-bond acceptors (Lipinski definition) is 2. The SMILES string of the molecule is O=C1N2C=CCC2CC12CC(OCc1ccccc1)C2. The zero-order valence-electron chi connectivity index (χ0n) is 11.5. The number of amides is 1. The van der Waals surface area contributed by atoms with E-state index in [0.29, 0.717) is 18.6 Å². The smallest absolute Gasteiger partial charge is 0.233 e. The molecule has 1 amide bonds. The Morgan fingerprint density at radius 3 is 2.75 bits per heavy atom. The van der Waals surface area contributed by atoms with Crippen molar-refractivity contribution in [1.82, 2.24) is 4.90 Å². The Morgan fingerprint density at radius 2 is 2.00 bits per heavy atom. The first-order valence-corrected chi connectivity index (χ1v) is 7.42. The predicted molar refractivity (Wildman–Crippen MR) is 75.7 cm³/mol. The van der Waals surface area contributed by atoms with E-state index in [1.54, 1.807) is 0 Å². The normalized spacial score (nSPS) is 34.6. The van der Waals surface area contributed by atoms with Crippen LogP contribution in [0.3, 0.4) is 0 Å². The van der Waals surface area contributed by atoms with E-state index in [4.69, 9.17) is 4.74 Å². The minimum absolute atomic E-state index is 0.100. The van der Waals surface area contributed by atoms with Crippen molar-refractivity contribution in [3.8, 4) is 0 Å². The van der Waals surface area contributed by atoms with Crippen LogP contribution < -0.4 is 0 Å². The maximum absolute atomic E-state index is 12.4. The standard InChI is InChI=1S/C17H19NO2/c19-16-17(9-14-7-4-8-18(14)16)10-15(11-17)20-12-13-5-2-1-3-6-13/h1-6,8,14-15H,7,9-12H2. The van der Waals surface area contributed by atoms with E-state index < -0.39 is 0 Å². The van der Waals surface area contributed by atoms with Gasteiger partial charge in [0.25, 0.3) is 0 Å². The number of rotatable bonds is 3. The minimum atomic E-state index is -0.100. The van der Waals surface area contributed by atoms with Gasteiger partial charge in [0.05, 0.1) is 18.1 Å². The molecule has 4 rings (SSSR count). The molecule has 1 aliphatic carbocycles. The molecule has 0 bridgehead atoms. The second kappa shape index (κ2) is 4.45. The fraction of sp³-hybridized carbons (Fsp3) is 0.471. The molecule has 1 atom stereocenters. The topological polar surface area (TPSA) is 29.5 Å². The van der Waals surface area contributed by atoms with Crippen molar-refractivity contribution >= 4 is 5.91 Å². The molecule has 2 fully saturated rings.